The van der Waals surface area contributed by atoms with E-state index in [0.717, 1.165) is 14.7 Å². The van der Waals surface area contributed by atoms with Crippen molar-refractivity contribution < 1.29 is 4.79 Å². The van der Waals surface area contributed by atoms with Gasteiger partial charge >= 0.3 is 0 Å². The molecule has 0 aliphatic heterocycles. The summed E-state index contributed by atoms with van der Waals surface area (Å²) in [6.45, 7) is 4.34. The summed E-state index contributed by atoms with van der Waals surface area (Å²) < 4.78 is 1.15. The van der Waals surface area contributed by atoms with Crippen molar-refractivity contribution in [3.8, 4) is 0 Å². The first-order valence-corrected chi connectivity index (χ1v) is 7.52. The minimum atomic E-state index is 0.175. The third-order valence-electron chi connectivity index (χ3n) is 3.18. The molecule has 0 saturated heterocycles. The lowest BCUT2D eigenvalue weighted by Gasteiger charge is -2.06. The number of benzene rings is 2. The zero-order valence-corrected chi connectivity index (χ0v) is 13.3. The maximum Gasteiger partial charge on any atom is 0.167 e. The molecular weight excluding hydrogens is 347 g/mol. The summed E-state index contributed by atoms with van der Waals surface area (Å²) in [7, 11) is 0. The van der Waals surface area contributed by atoms with Gasteiger partial charge in [-0.2, -0.15) is 0 Å². The van der Waals surface area contributed by atoms with Crippen LogP contribution in [0.15, 0.2) is 48.5 Å². The van der Waals surface area contributed by atoms with Gasteiger partial charge in [0, 0.05) is 15.6 Å². The molecule has 0 amide bonds. The third-order valence-corrected chi connectivity index (χ3v) is 3.90. The van der Waals surface area contributed by atoms with Crippen LogP contribution < -0.4 is 0 Å². The van der Waals surface area contributed by atoms with Gasteiger partial charge in [-0.3, -0.25) is 4.79 Å². The maximum atomic E-state index is 12.1. The molecule has 1 nitrogen and oxygen atoms in total. The molecule has 19 heavy (non-hydrogen) atoms. The first-order valence-electron chi connectivity index (χ1n) is 6.44. The Morgan fingerprint density at radius 2 is 1.58 bits per heavy atom. The van der Waals surface area contributed by atoms with Gasteiger partial charge in [-0.15, -0.1) is 0 Å². The van der Waals surface area contributed by atoms with Crippen LogP contribution in [-0.2, 0) is 6.42 Å². The van der Waals surface area contributed by atoms with Crippen molar-refractivity contribution in [2.45, 2.75) is 26.2 Å². The molecule has 2 rings (SSSR count). The predicted octanol–water partition coefficient (Wildman–Crippen LogP) is 4.84. The second kappa shape index (κ2) is 6.33. The normalized spacial score (nSPS) is 10.7. The molecule has 0 saturated carbocycles. The van der Waals surface area contributed by atoms with Gasteiger partial charge in [0.1, 0.15) is 0 Å². The van der Waals surface area contributed by atoms with Crippen LogP contribution in [0.4, 0.5) is 0 Å². The van der Waals surface area contributed by atoms with Crippen LogP contribution in [0.3, 0.4) is 0 Å². The summed E-state index contributed by atoms with van der Waals surface area (Å²) in [5.74, 6) is 0.703. The molecule has 0 fully saturated rings. The average molecular weight is 364 g/mol. The molecule has 0 bridgehead atoms. The Labute approximate surface area is 128 Å². The van der Waals surface area contributed by atoms with E-state index in [1.54, 1.807) is 0 Å². The molecule has 0 aliphatic carbocycles. The van der Waals surface area contributed by atoms with E-state index in [9.17, 15) is 4.79 Å². The molecule has 0 unspecified atom stereocenters. The van der Waals surface area contributed by atoms with Gasteiger partial charge in [0.05, 0.1) is 0 Å². The molecule has 0 aromatic heterocycles. The van der Waals surface area contributed by atoms with Crippen LogP contribution in [0, 0.1) is 3.57 Å². The number of ketones is 1. The van der Waals surface area contributed by atoms with Gasteiger partial charge in [0.2, 0.25) is 0 Å². The predicted molar refractivity (Wildman–Crippen MR) is 87.7 cm³/mol. The zero-order valence-electron chi connectivity index (χ0n) is 11.2. The lowest BCUT2D eigenvalue weighted by atomic mass is 9.98. The molecule has 2 aromatic rings. The third kappa shape index (κ3) is 3.90. The number of carbonyl (C=O) groups excluding carboxylic acids is 1. The fourth-order valence-corrected chi connectivity index (χ4v) is 2.30. The smallest absolute Gasteiger partial charge is 0.167 e. The summed E-state index contributed by atoms with van der Waals surface area (Å²) in [6, 6.07) is 16.1. The van der Waals surface area contributed by atoms with E-state index >= 15 is 0 Å². The monoisotopic (exact) mass is 364 g/mol. The highest BCUT2D eigenvalue weighted by Gasteiger charge is 2.07. The van der Waals surface area contributed by atoms with Crippen LogP contribution in [0.25, 0.3) is 0 Å². The molecule has 0 heterocycles. The Morgan fingerprint density at radius 3 is 2.11 bits per heavy atom. The van der Waals surface area contributed by atoms with Crippen molar-refractivity contribution in [3.05, 3.63) is 68.8 Å². The second-order valence-electron chi connectivity index (χ2n) is 5.00. The Hall–Kier alpha value is -1.16. The molecule has 0 N–H and O–H groups in total. The Kier molecular flexibility index (Phi) is 4.75. The molecule has 0 radical (unpaired) electrons. The van der Waals surface area contributed by atoms with Crippen molar-refractivity contribution in [1.29, 1.82) is 0 Å². The Morgan fingerprint density at radius 1 is 1.00 bits per heavy atom. The minimum Gasteiger partial charge on any atom is -0.294 e. The van der Waals surface area contributed by atoms with E-state index < -0.39 is 0 Å². The summed E-state index contributed by atoms with van der Waals surface area (Å²) in [4.78, 5) is 12.1. The first kappa shape index (κ1) is 14.3. The van der Waals surface area contributed by atoms with Crippen LogP contribution in [-0.4, -0.2) is 5.78 Å². The fourth-order valence-electron chi connectivity index (χ4n) is 1.94. The highest BCUT2D eigenvalue weighted by molar-refractivity contribution is 14.1. The molecule has 98 valence electrons. The second-order valence-corrected chi connectivity index (χ2v) is 6.25. The maximum absolute atomic E-state index is 12.1. The van der Waals surface area contributed by atoms with Crippen LogP contribution in [0.5, 0.6) is 0 Å². The lowest BCUT2D eigenvalue weighted by Crippen LogP contribution is -2.03. The van der Waals surface area contributed by atoms with Gasteiger partial charge in [-0.1, -0.05) is 50.2 Å². The van der Waals surface area contributed by atoms with Gasteiger partial charge in [-0.25, -0.2) is 0 Å². The van der Waals surface area contributed by atoms with Gasteiger partial charge in [0.15, 0.2) is 5.78 Å². The molecule has 0 atom stereocenters. The summed E-state index contributed by atoms with van der Waals surface area (Å²) in [5.41, 5.74) is 3.17. The summed E-state index contributed by atoms with van der Waals surface area (Å²) in [6.07, 6.45) is 0.471. The summed E-state index contributed by atoms with van der Waals surface area (Å²) >= 11 is 2.24. The Balaban J connectivity index is 2.08. The van der Waals surface area contributed by atoms with Crippen LogP contribution >= 0.6 is 22.6 Å². The highest BCUT2D eigenvalue weighted by Crippen LogP contribution is 2.16. The van der Waals surface area contributed by atoms with Crippen molar-refractivity contribution in [3.63, 3.8) is 0 Å². The van der Waals surface area contributed by atoms with E-state index in [-0.39, 0.29) is 5.78 Å². The van der Waals surface area contributed by atoms with Crippen LogP contribution in [0.1, 0.15) is 41.3 Å². The first-order chi connectivity index (χ1) is 9.06. The Bertz CT molecular complexity index is 553. The van der Waals surface area contributed by atoms with Crippen molar-refractivity contribution >= 4 is 28.4 Å². The molecule has 0 aliphatic rings. The van der Waals surface area contributed by atoms with Crippen molar-refractivity contribution in [2.24, 2.45) is 0 Å². The molecule has 2 heteroatoms. The molecule has 0 spiro atoms. The number of Topliss-reactive ketones (excluding diaryl/α,β-unsaturated/α-hetero) is 1. The zero-order chi connectivity index (χ0) is 13.8. The van der Waals surface area contributed by atoms with E-state index in [0.29, 0.717) is 12.3 Å². The number of carbonyl (C=O) groups is 1. The van der Waals surface area contributed by atoms with E-state index in [1.807, 2.05) is 24.3 Å². The van der Waals surface area contributed by atoms with E-state index in [2.05, 4.69) is 60.7 Å². The number of rotatable bonds is 4. The quantitative estimate of drug-likeness (QED) is 0.561. The number of hydrogen-bond acceptors (Lipinski definition) is 1. The minimum absolute atomic E-state index is 0.175. The molecular formula is C17H17IO. The fraction of sp³-hybridized carbons (Fsp3) is 0.235. The van der Waals surface area contributed by atoms with E-state index in [4.69, 9.17) is 0 Å². The molecule has 2 aromatic carbocycles. The number of halogens is 1. The van der Waals surface area contributed by atoms with Crippen molar-refractivity contribution in [2.75, 3.05) is 0 Å². The van der Waals surface area contributed by atoms with Crippen molar-refractivity contribution in [1.82, 2.24) is 0 Å². The lowest BCUT2D eigenvalue weighted by molar-refractivity contribution is 0.0993. The van der Waals surface area contributed by atoms with Gasteiger partial charge in [-0.05, 0) is 51.8 Å². The van der Waals surface area contributed by atoms with E-state index in [1.165, 1.54) is 5.56 Å². The number of hydrogen-bond donors (Lipinski definition) is 0. The van der Waals surface area contributed by atoms with Gasteiger partial charge < -0.3 is 0 Å². The average Bonchev–Trinajstić information content (AvgIpc) is 2.40. The largest absolute Gasteiger partial charge is 0.294 e. The standard InChI is InChI=1S/C17H17IO/c1-12(2)14-5-3-13(4-6-14)11-17(19)15-7-9-16(18)10-8-15/h3-10,12H,11H2,1-2H3. The topological polar surface area (TPSA) is 17.1 Å². The summed E-state index contributed by atoms with van der Waals surface area (Å²) in [5, 5.41) is 0. The highest BCUT2D eigenvalue weighted by atomic mass is 127. The SMILES string of the molecule is CC(C)c1ccc(CC(=O)c2ccc(I)cc2)cc1. The van der Waals surface area contributed by atoms with Gasteiger partial charge in [0.25, 0.3) is 0 Å². The van der Waals surface area contributed by atoms with Crippen LogP contribution in [0.2, 0.25) is 0 Å².